The minimum Gasteiger partial charge on any atom is -0.463 e. The van der Waals surface area contributed by atoms with Crippen molar-refractivity contribution >= 4 is 58.3 Å². The SMILES string of the molecule is CC(C)OC(=O)CC1C(=O)NCCN1C(=S)NC(=O)c1ccc(Cl)cc1Cl. The van der Waals surface area contributed by atoms with Crippen molar-refractivity contribution in [3.63, 3.8) is 0 Å². The topological polar surface area (TPSA) is 87.7 Å². The van der Waals surface area contributed by atoms with Gasteiger partial charge in [0.05, 0.1) is 23.1 Å². The third-order valence-electron chi connectivity index (χ3n) is 3.72. The number of esters is 1. The molecule has 1 aromatic rings. The molecule has 0 radical (unpaired) electrons. The van der Waals surface area contributed by atoms with E-state index in [2.05, 4.69) is 10.6 Å². The third-order valence-corrected chi connectivity index (χ3v) is 4.60. The van der Waals surface area contributed by atoms with Gasteiger partial charge in [-0.25, -0.2) is 0 Å². The number of thiocarbonyl (C=S) groups is 1. The first-order chi connectivity index (χ1) is 12.7. The first-order valence-corrected chi connectivity index (χ1v) is 9.39. The summed E-state index contributed by atoms with van der Waals surface area (Å²) >= 11 is 17.1. The fourth-order valence-electron chi connectivity index (χ4n) is 2.54. The van der Waals surface area contributed by atoms with E-state index in [0.717, 1.165) is 0 Å². The average molecular weight is 432 g/mol. The molecule has 1 saturated heterocycles. The Kier molecular flexibility index (Phi) is 7.41. The first-order valence-electron chi connectivity index (χ1n) is 8.23. The van der Waals surface area contributed by atoms with Crippen LogP contribution in [0.2, 0.25) is 10.0 Å². The summed E-state index contributed by atoms with van der Waals surface area (Å²) < 4.78 is 5.10. The Labute approximate surface area is 172 Å². The molecule has 146 valence electrons. The van der Waals surface area contributed by atoms with Gasteiger partial charge in [-0.05, 0) is 44.3 Å². The van der Waals surface area contributed by atoms with Crippen molar-refractivity contribution in [3.05, 3.63) is 33.8 Å². The molecule has 27 heavy (non-hydrogen) atoms. The largest absolute Gasteiger partial charge is 0.463 e. The number of ether oxygens (including phenoxy) is 1. The van der Waals surface area contributed by atoms with E-state index in [-0.39, 0.29) is 34.1 Å². The second-order valence-electron chi connectivity index (χ2n) is 6.13. The van der Waals surface area contributed by atoms with Gasteiger partial charge in [0.1, 0.15) is 6.04 Å². The number of nitrogens with one attached hydrogen (secondary N) is 2. The maximum atomic E-state index is 12.4. The van der Waals surface area contributed by atoms with E-state index in [0.29, 0.717) is 18.1 Å². The van der Waals surface area contributed by atoms with Gasteiger partial charge in [0.25, 0.3) is 5.91 Å². The van der Waals surface area contributed by atoms with Crippen molar-refractivity contribution in [3.8, 4) is 0 Å². The number of piperazine rings is 1. The maximum Gasteiger partial charge on any atom is 0.308 e. The number of hydrogen-bond donors (Lipinski definition) is 2. The lowest BCUT2D eigenvalue weighted by atomic mass is 10.1. The Bertz CT molecular complexity index is 773. The monoisotopic (exact) mass is 431 g/mol. The Morgan fingerprint density at radius 3 is 2.74 bits per heavy atom. The summed E-state index contributed by atoms with van der Waals surface area (Å²) in [5.74, 6) is -1.41. The molecule has 1 unspecified atom stereocenters. The smallest absolute Gasteiger partial charge is 0.308 e. The Morgan fingerprint density at radius 2 is 2.11 bits per heavy atom. The van der Waals surface area contributed by atoms with Crippen molar-refractivity contribution in [2.45, 2.75) is 32.4 Å². The van der Waals surface area contributed by atoms with Gasteiger partial charge >= 0.3 is 5.97 Å². The highest BCUT2D eigenvalue weighted by molar-refractivity contribution is 7.80. The molecule has 1 atom stereocenters. The predicted molar refractivity (Wildman–Crippen MR) is 106 cm³/mol. The molecule has 1 fully saturated rings. The number of halogens is 2. The van der Waals surface area contributed by atoms with E-state index in [4.69, 9.17) is 40.2 Å². The van der Waals surface area contributed by atoms with Gasteiger partial charge in [-0.2, -0.15) is 0 Å². The molecule has 1 aliphatic rings. The van der Waals surface area contributed by atoms with E-state index in [1.165, 1.54) is 23.1 Å². The number of carbonyl (C=O) groups is 3. The summed E-state index contributed by atoms with van der Waals surface area (Å²) in [4.78, 5) is 38.1. The van der Waals surface area contributed by atoms with E-state index in [1.807, 2.05) is 0 Å². The lowest BCUT2D eigenvalue weighted by Gasteiger charge is -2.36. The van der Waals surface area contributed by atoms with Crippen LogP contribution in [0.5, 0.6) is 0 Å². The fourth-order valence-corrected chi connectivity index (χ4v) is 3.35. The standard InChI is InChI=1S/C17H19Cl2N3O4S/c1-9(2)26-14(23)8-13-16(25)20-5-6-22(13)17(27)21-15(24)11-4-3-10(18)7-12(11)19/h3-4,7,9,13H,5-6,8H2,1-2H3,(H,20,25)(H,21,24,27). The van der Waals surface area contributed by atoms with Gasteiger partial charge in [-0.1, -0.05) is 23.2 Å². The van der Waals surface area contributed by atoms with Crippen LogP contribution in [0, 0.1) is 0 Å². The zero-order valence-electron chi connectivity index (χ0n) is 14.8. The van der Waals surface area contributed by atoms with Crippen LogP contribution in [-0.4, -0.2) is 53.0 Å². The molecule has 2 N–H and O–H groups in total. The van der Waals surface area contributed by atoms with Crippen LogP contribution in [0.4, 0.5) is 0 Å². The zero-order chi connectivity index (χ0) is 20.1. The van der Waals surface area contributed by atoms with Gasteiger partial charge in [0, 0.05) is 18.1 Å². The second kappa shape index (κ2) is 9.34. The first kappa shape index (κ1) is 21.4. The summed E-state index contributed by atoms with van der Waals surface area (Å²) in [5, 5.41) is 5.84. The summed E-state index contributed by atoms with van der Waals surface area (Å²) in [6.07, 6.45) is -0.474. The average Bonchev–Trinajstić information content (AvgIpc) is 2.55. The minimum absolute atomic E-state index is 0.0308. The summed E-state index contributed by atoms with van der Waals surface area (Å²) in [5.41, 5.74) is 0.195. The third kappa shape index (κ3) is 5.79. The summed E-state index contributed by atoms with van der Waals surface area (Å²) in [7, 11) is 0. The van der Waals surface area contributed by atoms with Gasteiger partial charge in [-0.15, -0.1) is 0 Å². The molecule has 0 bridgehead atoms. The van der Waals surface area contributed by atoms with Crippen molar-refractivity contribution in [1.82, 2.24) is 15.5 Å². The number of amides is 2. The van der Waals surface area contributed by atoms with Crippen LogP contribution in [-0.2, 0) is 14.3 Å². The van der Waals surface area contributed by atoms with Crippen molar-refractivity contribution in [2.24, 2.45) is 0 Å². The number of carbonyl (C=O) groups excluding carboxylic acids is 3. The Balaban J connectivity index is 2.10. The van der Waals surface area contributed by atoms with Crippen LogP contribution in [0.3, 0.4) is 0 Å². The normalized spacial score (nSPS) is 16.7. The summed E-state index contributed by atoms with van der Waals surface area (Å²) in [6, 6.07) is 3.59. The van der Waals surface area contributed by atoms with Crippen molar-refractivity contribution < 1.29 is 19.1 Å². The molecule has 0 aliphatic carbocycles. The lowest BCUT2D eigenvalue weighted by molar-refractivity contribution is -0.150. The van der Waals surface area contributed by atoms with E-state index < -0.39 is 17.9 Å². The highest BCUT2D eigenvalue weighted by Crippen LogP contribution is 2.21. The maximum absolute atomic E-state index is 12.4. The number of rotatable bonds is 4. The lowest BCUT2D eigenvalue weighted by Crippen LogP contribution is -2.60. The molecule has 0 spiro atoms. The van der Waals surface area contributed by atoms with Crippen molar-refractivity contribution in [2.75, 3.05) is 13.1 Å². The molecular weight excluding hydrogens is 413 g/mol. The quantitative estimate of drug-likeness (QED) is 0.560. The number of hydrogen-bond acceptors (Lipinski definition) is 5. The Hall–Kier alpha value is -1.90. The fraction of sp³-hybridized carbons (Fsp3) is 0.412. The molecule has 0 saturated carbocycles. The summed E-state index contributed by atoms with van der Waals surface area (Å²) in [6.45, 7) is 4.12. The number of benzene rings is 1. The Morgan fingerprint density at radius 1 is 1.41 bits per heavy atom. The van der Waals surface area contributed by atoms with Crippen LogP contribution in [0.25, 0.3) is 0 Å². The molecule has 7 nitrogen and oxygen atoms in total. The number of nitrogens with zero attached hydrogens (tertiary/aromatic N) is 1. The second-order valence-corrected chi connectivity index (χ2v) is 7.36. The van der Waals surface area contributed by atoms with Crippen molar-refractivity contribution in [1.29, 1.82) is 0 Å². The molecule has 0 aromatic heterocycles. The van der Waals surface area contributed by atoms with Gasteiger partial charge in [-0.3, -0.25) is 19.7 Å². The van der Waals surface area contributed by atoms with Gasteiger partial charge < -0.3 is 15.0 Å². The van der Waals surface area contributed by atoms with E-state index >= 15 is 0 Å². The molecule has 1 aliphatic heterocycles. The van der Waals surface area contributed by atoms with Crippen LogP contribution in [0.1, 0.15) is 30.6 Å². The molecule has 1 heterocycles. The molecule has 2 amide bonds. The minimum atomic E-state index is -0.863. The molecule has 10 heteroatoms. The van der Waals surface area contributed by atoms with E-state index in [9.17, 15) is 14.4 Å². The van der Waals surface area contributed by atoms with Gasteiger partial charge in [0.15, 0.2) is 5.11 Å². The zero-order valence-corrected chi connectivity index (χ0v) is 17.1. The van der Waals surface area contributed by atoms with Crippen LogP contribution >= 0.6 is 35.4 Å². The van der Waals surface area contributed by atoms with E-state index in [1.54, 1.807) is 13.8 Å². The highest BCUT2D eigenvalue weighted by Gasteiger charge is 2.34. The molecular formula is C17H19Cl2N3O4S. The van der Waals surface area contributed by atoms with Crippen LogP contribution < -0.4 is 10.6 Å². The molecule has 2 rings (SSSR count). The highest BCUT2D eigenvalue weighted by atomic mass is 35.5. The molecule has 1 aromatic carbocycles. The predicted octanol–water partition coefficient (Wildman–Crippen LogP) is 2.15. The van der Waals surface area contributed by atoms with Crippen LogP contribution in [0.15, 0.2) is 18.2 Å². The van der Waals surface area contributed by atoms with Gasteiger partial charge in [0.2, 0.25) is 5.91 Å².